The zero-order valence-corrected chi connectivity index (χ0v) is 18.2. The van der Waals surface area contributed by atoms with Gasteiger partial charge in [0.05, 0.1) is 5.02 Å². The Hall–Kier alpha value is -2.13. The van der Waals surface area contributed by atoms with E-state index in [1.165, 1.54) is 23.4 Å². The zero-order chi connectivity index (χ0) is 21.3. The molecule has 2 aliphatic heterocycles. The fourth-order valence-corrected chi connectivity index (χ4v) is 5.16. The number of primary sulfonamides is 1. The van der Waals surface area contributed by atoms with Crippen LogP contribution in [0.25, 0.3) is 0 Å². The van der Waals surface area contributed by atoms with Crippen molar-refractivity contribution in [2.45, 2.75) is 24.3 Å². The molecule has 1 fully saturated rings. The first-order chi connectivity index (χ1) is 14.3. The van der Waals surface area contributed by atoms with Crippen molar-refractivity contribution in [3.63, 3.8) is 0 Å². The Morgan fingerprint density at radius 2 is 1.80 bits per heavy atom. The number of nitrogens with one attached hydrogen (secondary N) is 1. The molecule has 4 rings (SSSR count). The van der Waals surface area contributed by atoms with E-state index in [2.05, 4.69) is 34.5 Å². The number of hydrogen-bond acceptors (Lipinski definition) is 5. The van der Waals surface area contributed by atoms with Crippen LogP contribution in [0.1, 0.15) is 27.9 Å². The molecule has 0 aromatic heterocycles. The molecular weight excluding hydrogens is 424 g/mol. The molecule has 1 saturated heterocycles. The SMILES string of the molecule is NS(=O)(=O)c1cc2c(cc1Cl)CN(CCCc1ccc(N3CCNCC3)cc1)C2=O. The van der Waals surface area contributed by atoms with Gasteiger partial charge in [-0.05, 0) is 48.2 Å². The van der Waals surface area contributed by atoms with Crippen LogP contribution in [0, 0.1) is 0 Å². The molecule has 160 valence electrons. The lowest BCUT2D eigenvalue weighted by Gasteiger charge is -2.29. The number of rotatable bonds is 6. The highest BCUT2D eigenvalue weighted by molar-refractivity contribution is 7.89. The van der Waals surface area contributed by atoms with E-state index in [1.54, 1.807) is 4.90 Å². The van der Waals surface area contributed by atoms with Gasteiger partial charge in [0.15, 0.2) is 0 Å². The van der Waals surface area contributed by atoms with Gasteiger partial charge in [0.1, 0.15) is 4.90 Å². The maximum absolute atomic E-state index is 12.7. The molecule has 0 bridgehead atoms. The van der Waals surface area contributed by atoms with Gasteiger partial charge in [-0.25, -0.2) is 13.6 Å². The predicted molar refractivity (Wildman–Crippen MR) is 117 cm³/mol. The molecule has 0 atom stereocenters. The van der Waals surface area contributed by atoms with Crippen molar-refractivity contribution in [1.29, 1.82) is 0 Å². The van der Waals surface area contributed by atoms with E-state index in [0.717, 1.165) is 44.6 Å². The molecule has 2 aromatic carbocycles. The van der Waals surface area contributed by atoms with Gasteiger partial charge in [-0.1, -0.05) is 23.7 Å². The number of carbonyl (C=O) groups excluding carboxylic acids is 1. The van der Waals surface area contributed by atoms with Crippen molar-refractivity contribution in [1.82, 2.24) is 10.2 Å². The summed E-state index contributed by atoms with van der Waals surface area (Å²) >= 11 is 6.05. The normalized spacial score (nSPS) is 16.8. The van der Waals surface area contributed by atoms with Gasteiger partial charge in [-0.15, -0.1) is 0 Å². The number of fused-ring (bicyclic) bond motifs is 1. The monoisotopic (exact) mass is 448 g/mol. The smallest absolute Gasteiger partial charge is 0.254 e. The average molecular weight is 449 g/mol. The van der Waals surface area contributed by atoms with Crippen LogP contribution in [0.3, 0.4) is 0 Å². The molecule has 0 saturated carbocycles. The Morgan fingerprint density at radius 3 is 2.47 bits per heavy atom. The fourth-order valence-electron chi connectivity index (χ4n) is 4.04. The lowest BCUT2D eigenvalue weighted by Crippen LogP contribution is -2.43. The number of aryl methyl sites for hydroxylation is 1. The highest BCUT2D eigenvalue weighted by atomic mass is 35.5. The minimum Gasteiger partial charge on any atom is -0.369 e. The minimum atomic E-state index is -3.97. The van der Waals surface area contributed by atoms with Crippen LogP contribution in [0.5, 0.6) is 0 Å². The second kappa shape index (κ2) is 8.55. The largest absolute Gasteiger partial charge is 0.369 e. The van der Waals surface area contributed by atoms with E-state index in [9.17, 15) is 13.2 Å². The summed E-state index contributed by atoms with van der Waals surface area (Å²) in [6.07, 6.45) is 1.69. The highest BCUT2D eigenvalue weighted by Crippen LogP contribution is 2.31. The number of benzene rings is 2. The maximum Gasteiger partial charge on any atom is 0.254 e. The summed E-state index contributed by atoms with van der Waals surface area (Å²) < 4.78 is 23.3. The lowest BCUT2D eigenvalue weighted by molar-refractivity contribution is 0.0776. The van der Waals surface area contributed by atoms with Gasteiger partial charge in [-0.3, -0.25) is 4.79 Å². The number of anilines is 1. The van der Waals surface area contributed by atoms with Gasteiger partial charge in [0.2, 0.25) is 10.0 Å². The van der Waals surface area contributed by atoms with Crippen molar-refractivity contribution in [2.75, 3.05) is 37.6 Å². The van der Waals surface area contributed by atoms with Crippen LogP contribution in [0.2, 0.25) is 5.02 Å². The molecule has 9 heteroatoms. The number of hydrogen-bond donors (Lipinski definition) is 2. The van der Waals surface area contributed by atoms with Crippen LogP contribution in [-0.4, -0.2) is 51.9 Å². The van der Waals surface area contributed by atoms with E-state index < -0.39 is 10.0 Å². The maximum atomic E-state index is 12.7. The molecule has 2 aromatic rings. The summed E-state index contributed by atoms with van der Waals surface area (Å²) in [6.45, 7) is 5.09. The Labute approximate surface area is 181 Å². The molecular formula is C21H25ClN4O3S. The molecule has 2 heterocycles. The van der Waals surface area contributed by atoms with Crippen molar-refractivity contribution in [2.24, 2.45) is 5.14 Å². The first-order valence-electron chi connectivity index (χ1n) is 10.0. The number of sulfonamides is 1. The molecule has 0 radical (unpaired) electrons. The van der Waals surface area contributed by atoms with Crippen LogP contribution < -0.4 is 15.4 Å². The van der Waals surface area contributed by atoms with E-state index >= 15 is 0 Å². The Kier molecular flexibility index (Phi) is 6.02. The standard InChI is InChI=1S/C21H25ClN4O3S/c22-19-12-16-14-26(21(27)18(16)13-20(19)30(23,28)29)9-1-2-15-3-5-17(6-4-15)25-10-7-24-8-11-25/h3-6,12-13,24H,1-2,7-11,14H2,(H2,23,28,29). The van der Waals surface area contributed by atoms with Crippen molar-refractivity contribution >= 4 is 33.2 Å². The molecule has 1 amide bonds. The highest BCUT2D eigenvalue weighted by Gasteiger charge is 2.30. The number of halogens is 1. The van der Waals surface area contributed by atoms with Gasteiger partial charge in [-0.2, -0.15) is 0 Å². The summed E-state index contributed by atoms with van der Waals surface area (Å²) in [5, 5.41) is 8.60. The van der Waals surface area contributed by atoms with E-state index in [-0.39, 0.29) is 15.8 Å². The van der Waals surface area contributed by atoms with E-state index in [0.29, 0.717) is 18.7 Å². The van der Waals surface area contributed by atoms with Gasteiger partial charge in [0, 0.05) is 50.5 Å². The first-order valence-corrected chi connectivity index (χ1v) is 11.9. The summed E-state index contributed by atoms with van der Waals surface area (Å²) in [4.78, 5) is 16.6. The molecule has 30 heavy (non-hydrogen) atoms. The number of carbonyl (C=O) groups is 1. The summed E-state index contributed by atoms with van der Waals surface area (Å²) in [5.41, 5.74) is 3.58. The van der Waals surface area contributed by atoms with E-state index in [1.807, 2.05) is 0 Å². The van der Waals surface area contributed by atoms with E-state index in [4.69, 9.17) is 16.7 Å². The topological polar surface area (TPSA) is 95.7 Å². The average Bonchev–Trinajstić information content (AvgIpc) is 3.02. The lowest BCUT2D eigenvalue weighted by atomic mass is 10.1. The molecule has 0 unspecified atom stereocenters. The van der Waals surface area contributed by atoms with Crippen LogP contribution in [0.4, 0.5) is 5.69 Å². The number of piperazine rings is 1. The second-order valence-electron chi connectivity index (χ2n) is 7.72. The predicted octanol–water partition coefficient (Wildman–Crippen LogP) is 1.99. The summed E-state index contributed by atoms with van der Waals surface area (Å²) in [6, 6.07) is 11.4. The van der Waals surface area contributed by atoms with Crippen molar-refractivity contribution in [3.8, 4) is 0 Å². The second-order valence-corrected chi connectivity index (χ2v) is 9.66. The molecule has 0 spiro atoms. The first kappa shape index (κ1) is 21.1. The number of nitrogens with two attached hydrogens (primary N) is 1. The minimum absolute atomic E-state index is 0.0514. The summed E-state index contributed by atoms with van der Waals surface area (Å²) in [5.74, 6) is -0.180. The zero-order valence-electron chi connectivity index (χ0n) is 16.6. The Bertz CT molecular complexity index is 1050. The van der Waals surface area contributed by atoms with Crippen molar-refractivity contribution < 1.29 is 13.2 Å². The molecule has 3 N–H and O–H groups in total. The van der Waals surface area contributed by atoms with Crippen LogP contribution >= 0.6 is 11.6 Å². The third kappa shape index (κ3) is 4.46. The third-order valence-corrected chi connectivity index (χ3v) is 7.03. The van der Waals surface area contributed by atoms with Gasteiger partial charge in [0.25, 0.3) is 5.91 Å². The number of amides is 1. The Morgan fingerprint density at radius 1 is 1.10 bits per heavy atom. The Balaban J connectivity index is 1.35. The van der Waals surface area contributed by atoms with Crippen LogP contribution in [-0.2, 0) is 23.0 Å². The number of nitrogens with zero attached hydrogens (tertiary/aromatic N) is 2. The molecule has 2 aliphatic rings. The summed E-state index contributed by atoms with van der Waals surface area (Å²) in [7, 11) is -3.97. The quantitative estimate of drug-likeness (QED) is 0.704. The van der Waals surface area contributed by atoms with Crippen molar-refractivity contribution in [3.05, 3.63) is 58.1 Å². The molecule has 7 nitrogen and oxygen atoms in total. The van der Waals surface area contributed by atoms with Gasteiger partial charge >= 0.3 is 0 Å². The third-order valence-electron chi connectivity index (χ3n) is 5.66. The van der Waals surface area contributed by atoms with Crippen LogP contribution in [0.15, 0.2) is 41.3 Å². The van der Waals surface area contributed by atoms with Gasteiger partial charge < -0.3 is 15.1 Å². The molecule has 0 aliphatic carbocycles. The fraction of sp³-hybridized carbons (Fsp3) is 0.381.